The third-order valence-corrected chi connectivity index (χ3v) is 1.12. The van der Waals surface area contributed by atoms with Crippen molar-refractivity contribution in [3.8, 4) is 12.3 Å². The van der Waals surface area contributed by atoms with Crippen LogP contribution < -0.4 is 5.32 Å². The number of unbranched alkanes of at least 4 members (excludes halogenated alkanes) is 3. The van der Waals surface area contributed by atoms with Gasteiger partial charge in [-0.1, -0.05) is 6.42 Å². The van der Waals surface area contributed by atoms with Crippen molar-refractivity contribution in [1.29, 1.82) is 0 Å². The van der Waals surface area contributed by atoms with E-state index in [0.29, 0.717) is 0 Å². The number of hydrogen-bond donors (Lipinski definition) is 1. The molecule has 0 saturated carbocycles. The first kappa shape index (κ1) is 8.52. The van der Waals surface area contributed by atoms with E-state index in [1.807, 2.05) is 7.05 Å². The Bertz CT molecular complexity index is 81.1. The molecule has 9 heavy (non-hydrogen) atoms. The average Bonchev–Trinajstić information content (AvgIpc) is 1.89. The lowest BCUT2D eigenvalue weighted by molar-refractivity contribution is 0.713. The van der Waals surface area contributed by atoms with E-state index in [1.165, 1.54) is 6.42 Å². The molecule has 51 valence electrons. The Labute approximate surface area is 57.8 Å². The smallest absolute Gasteiger partial charge is 0.0218 e. The summed E-state index contributed by atoms with van der Waals surface area (Å²) in [6.45, 7) is 2.05. The lowest BCUT2D eigenvalue weighted by atomic mass is 10.2. The SMILES string of the molecule is C#CCCCC[CH]NC. The number of terminal acetylenes is 1. The van der Waals surface area contributed by atoms with Gasteiger partial charge in [0.05, 0.1) is 0 Å². The van der Waals surface area contributed by atoms with Gasteiger partial charge in [0.2, 0.25) is 0 Å². The van der Waals surface area contributed by atoms with E-state index in [-0.39, 0.29) is 0 Å². The second-order valence-corrected chi connectivity index (χ2v) is 1.94. The molecule has 0 aliphatic rings. The molecule has 1 nitrogen and oxygen atoms in total. The van der Waals surface area contributed by atoms with Crippen LogP contribution in [0.25, 0.3) is 0 Å². The van der Waals surface area contributed by atoms with Gasteiger partial charge in [-0.15, -0.1) is 12.3 Å². The van der Waals surface area contributed by atoms with Gasteiger partial charge in [-0.25, -0.2) is 0 Å². The summed E-state index contributed by atoms with van der Waals surface area (Å²) in [5, 5.41) is 2.97. The molecule has 0 heterocycles. The van der Waals surface area contributed by atoms with Crippen LogP contribution in [0.1, 0.15) is 25.7 Å². The standard InChI is InChI=1S/C8H14N/c1-3-4-5-6-7-8-9-2/h1,8-9H,4-7H2,2H3. The molecule has 0 fully saturated rings. The molecule has 0 aromatic carbocycles. The molecular weight excluding hydrogens is 110 g/mol. The van der Waals surface area contributed by atoms with E-state index in [1.54, 1.807) is 0 Å². The fourth-order valence-corrected chi connectivity index (χ4v) is 0.618. The maximum absolute atomic E-state index is 5.07. The van der Waals surface area contributed by atoms with Gasteiger partial charge in [-0.3, -0.25) is 0 Å². The lowest BCUT2D eigenvalue weighted by Crippen LogP contribution is -1.99. The van der Waals surface area contributed by atoms with Gasteiger partial charge in [-0.2, -0.15) is 0 Å². The summed E-state index contributed by atoms with van der Waals surface area (Å²) in [4.78, 5) is 0. The first-order valence-electron chi connectivity index (χ1n) is 3.34. The van der Waals surface area contributed by atoms with Gasteiger partial charge in [0.1, 0.15) is 0 Å². The fourth-order valence-electron chi connectivity index (χ4n) is 0.618. The van der Waals surface area contributed by atoms with Crippen LogP contribution in [-0.2, 0) is 0 Å². The van der Waals surface area contributed by atoms with Crippen LogP contribution in [-0.4, -0.2) is 7.05 Å². The Morgan fingerprint density at radius 1 is 1.56 bits per heavy atom. The highest BCUT2D eigenvalue weighted by molar-refractivity contribution is 4.82. The molecule has 1 N–H and O–H groups in total. The molecule has 0 unspecified atom stereocenters. The summed E-state index contributed by atoms with van der Waals surface area (Å²) in [5.74, 6) is 2.61. The van der Waals surface area contributed by atoms with Gasteiger partial charge in [0, 0.05) is 13.0 Å². The largest absolute Gasteiger partial charge is 0.315 e. The Morgan fingerprint density at radius 3 is 2.89 bits per heavy atom. The molecule has 0 aromatic heterocycles. The Hall–Kier alpha value is -0.480. The third-order valence-electron chi connectivity index (χ3n) is 1.12. The summed E-state index contributed by atoms with van der Waals surface area (Å²) >= 11 is 0. The summed E-state index contributed by atoms with van der Waals surface area (Å²) in [7, 11) is 1.92. The number of nitrogens with one attached hydrogen (secondary N) is 1. The van der Waals surface area contributed by atoms with Crippen LogP contribution in [0.5, 0.6) is 0 Å². The normalized spacial score (nSPS) is 8.89. The Morgan fingerprint density at radius 2 is 2.33 bits per heavy atom. The minimum atomic E-state index is 0.914. The highest BCUT2D eigenvalue weighted by Crippen LogP contribution is 1.98. The molecule has 0 aliphatic carbocycles. The second-order valence-electron chi connectivity index (χ2n) is 1.94. The third kappa shape index (κ3) is 7.52. The van der Waals surface area contributed by atoms with Crippen LogP contribution in [0, 0.1) is 18.9 Å². The number of rotatable bonds is 5. The molecule has 0 saturated heterocycles. The minimum Gasteiger partial charge on any atom is -0.315 e. The molecule has 0 amide bonds. The van der Waals surface area contributed by atoms with Gasteiger partial charge < -0.3 is 5.32 Å². The first-order chi connectivity index (χ1) is 4.41. The van der Waals surface area contributed by atoms with Gasteiger partial charge in [-0.05, 0) is 19.9 Å². The molecule has 0 rings (SSSR count). The first-order valence-corrected chi connectivity index (χ1v) is 3.34. The van der Waals surface area contributed by atoms with Crippen molar-refractivity contribution in [1.82, 2.24) is 5.32 Å². The molecule has 0 aromatic rings. The zero-order valence-electron chi connectivity index (χ0n) is 5.98. The van der Waals surface area contributed by atoms with Crippen LogP contribution in [0.3, 0.4) is 0 Å². The monoisotopic (exact) mass is 124 g/mol. The molecule has 0 spiro atoms. The maximum Gasteiger partial charge on any atom is 0.0218 e. The lowest BCUT2D eigenvalue weighted by Gasteiger charge is -1.94. The van der Waals surface area contributed by atoms with E-state index in [2.05, 4.69) is 17.8 Å². The van der Waals surface area contributed by atoms with Crippen molar-refractivity contribution in [2.45, 2.75) is 25.7 Å². The average molecular weight is 124 g/mol. The van der Waals surface area contributed by atoms with Crippen molar-refractivity contribution in [3.63, 3.8) is 0 Å². The quantitative estimate of drug-likeness (QED) is 0.433. The summed E-state index contributed by atoms with van der Waals surface area (Å²) in [5.41, 5.74) is 0. The minimum absolute atomic E-state index is 0.914. The van der Waals surface area contributed by atoms with E-state index in [4.69, 9.17) is 6.42 Å². The van der Waals surface area contributed by atoms with Crippen LogP contribution >= 0.6 is 0 Å². The predicted molar refractivity (Wildman–Crippen MR) is 40.7 cm³/mol. The van der Waals surface area contributed by atoms with E-state index < -0.39 is 0 Å². The van der Waals surface area contributed by atoms with E-state index >= 15 is 0 Å². The Balaban J connectivity index is 2.69. The van der Waals surface area contributed by atoms with Crippen molar-refractivity contribution >= 4 is 0 Å². The van der Waals surface area contributed by atoms with Crippen molar-refractivity contribution in [2.24, 2.45) is 0 Å². The zero-order valence-corrected chi connectivity index (χ0v) is 5.98. The highest BCUT2D eigenvalue weighted by Gasteiger charge is 1.84. The number of hydrogen-bond acceptors (Lipinski definition) is 1. The molecule has 1 heteroatoms. The Kier molecular flexibility index (Phi) is 7.12. The molecular formula is C8H14N. The maximum atomic E-state index is 5.07. The van der Waals surface area contributed by atoms with Gasteiger partial charge in [0.25, 0.3) is 0 Å². The summed E-state index contributed by atoms with van der Waals surface area (Å²) in [6.07, 6.45) is 9.45. The summed E-state index contributed by atoms with van der Waals surface area (Å²) in [6, 6.07) is 0. The van der Waals surface area contributed by atoms with Crippen molar-refractivity contribution < 1.29 is 0 Å². The molecule has 0 bridgehead atoms. The zero-order chi connectivity index (χ0) is 6.95. The second kappa shape index (κ2) is 7.52. The van der Waals surface area contributed by atoms with Gasteiger partial charge in [0.15, 0.2) is 0 Å². The van der Waals surface area contributed by atoms with E-state index in [0.717, 1.165) is 19.3 Å². The topological polar surface area (TPSA) is 12.0 Å². The predicted octanol–water partition coefficient (Wildman–Crippen LogP) is 1.56. The van der Waals surface area contributed by atoms with Crippen molar-refractivity contribution in [3.05, 3.63) is 6.54 Å². The molecule has 0 atom stereocenters. The van der Waals surface area contributed by atoms with Crippen LogP contribution in [0.4, 0.5) is 0 Å². The molecule has 0 aliphatic heterocycles. The van der Waals surface area contributed by atoms with E-state index in [9.17, 15) is 0 Å². The van der Waals surface area contributed by atoms with Gasteiger partial charge >= 0.3 is 0 Å². The van der Waals surface area contributed by atoms with Crippen LogP contribution in [0.2, 0.25) is 0 Å². The van der Waals surface area contributed by atoms with Crippen molar-refractivity contribution in [2.75, 3.05) is 7.05 Å². The highest BCUT2D eigenvalue weighted by atomic mass is 14.8. The summed E-state index contributed by atoms with van der Waals surface area (Å²) < 4.78 is 0. The fraction of sp³-hybridized carbons (Fsp3) is 0.625. The molecule has 1 radical (unpaired) electrons. The van der Waals surface area contributed by atoms with Crippen LogP contribution in [0.15, 0.2) is 0 Å².